The second kappa shape index (κ2) is 8.39. The number of hydrogen-bond donors (Lipinski definition) is 0. The fraction of sp³-hybridized carbons (Fsp3) is 0.320. The highest BCUT2D eigenvalue weighted by molar-refractivity contribution is 7.18. The quantitative estimate of drug-likeness (QED) is 0.408. The highest BCUT2D eigenvalue weighted by atomic mass is 32.1. The molecule has 7 heteroatoms. The highest BCUT2D eigenvalue weighted by Gasteiger charge is 2.29. The third kappa shape index (κ3) is 3.56. The van der Waals surface area contributed by atoms with Gasteiger partial charge in [0.1, 0.15) is 5.75 Å². The largest absolute Gasteiger partial charge is 0.494 e. The molecule has 0 saturated heterocycles. The van der Waals surface area contributed by atoms with Crippen LogP contribution in [-0.4, -0.2) is 29.7 Å². The molecule has 1 fully saturated rings. The summed E-state index contributed by atoms with van der Waals surface area (Å²) < 4.78 is 13.2. The van der Waals surface area contributed by atoms with Crippen LogP contribution >= 0.6 is 11.3 Å². The maximum atomic E-state index is 13.2. The number of benzene rings is 2. The zero-order chi connectivity index (χ0) is 22.2. The molecule has 32 heavy (non-hydrogen) atoms. The van der Waals surface area contributed by atoms with Gasteiger partial charge < -0.3 is 9.47 Å². The van der Waals surface area contributed by atoms with Crippen molar-refractivity contribution in [1.29, 1.82) is 0 Å². The third-order valence-corrected chi connectivity index (χ3v) is 7.57. The fourth-order valence-electron chi connectivity index (χ4n) is 4.61. The van der Waals surface area contributed by atoms with E-state index in [1.807, 2.05) is 42.5 Å². The van der Waals surface area contributed by atoms with Gasteiger partial charge in [0.2, 0.25) is 0 Å². The number of esters is 1. The van der Waals surface area contributed by atoms with E-state index in [2.05, 4.69) is 0 Å². The van der Waals surface area contributed by atoms with Crippen molar-refractivity contribution in [3.63, 3.8) is 0 Å². The minimum atomic E-state index is -0.108. The molecule has 0 unspecified atom stereocenters. The predicted molar refractivity (Wildman–Crippen MR) is 126 cm³/mol. The van der Waals surface area contributed by atoms with E-state index in [-0.39, 0.29) is 17.4 Å². The Hall–Kier alpha value is -3.19. The van der Waals surface area contributed by atoms with Gasteiger partial charge in [-0.05, 0) is 49.3 Å². The molecule has 2 heterocycles. The summed E-state index contributed by atoms with van der Waals surface area (Å²) in [4.78, 5) is 29.9. The number of hydrogen-bond acceptors (Lipinski definition) is 6. The van der Waals surface area contributed by atoms with Crippen LogP contribution in [0.1, 0.15) is 36.6 Å². The Morgan fingerprint density at radius 2 is 1.88 bits per heavy atom. The van der Waals surface area contributed by atoms with Crippen molar-refractivity contribution in [1.82, 2.24) is 9.55 Å². The molecule has 4 aromatic rings. The minimum Gasteiger partial charge on any atom is -0.494 e. The van der Waals surface area contributed by atoms with Crippen LogP contribution in [0.3, 0.4) is 0 Å². The standard InChI is InChI=1S/C25H24N2O4S/c1-30-21-13-19-22(32-23(26-19)16-7-9-17(10-8-16)25(29)31-2)14-20(21)27-12-11-15-5-3-4-6-18(15)24(27)28/h3-6,11-14,16-17H,7-10H2,1-2H3. The normalized spacial score (nSPS) is 18.7. The molecular formula is C25H24N2O4S. The van der Waals surface area contributed by atoms with Gasteiger partial charge in [0.25, 0.3) is 5.56 Å². The Balaban J connectivity index is 1.52. The first-order valence-electron chi connectivity index (χ1n) is 10.8. The lowest BCUT2D eigenvalue weighted by Gasteiger charge is -2.25. The monoisotopic (exact) mass is 448 g/mol. The molecule has 1 aliphatic rings. The van der Waals surface area contributed by atoms with E-state index in [9.17, 15) is 9.59 Å². The number of carbonyl (C=O) groups excluding carboxylic acids is 1. The van der Waals surface area contributed by atoms with Crippen LogP contribution in [0, 0.1) is 5.92 Å². The average molecular weight is 449 g/mol. The zero-order valence-electron chi connectivity index (χ0n) is 18.0. The van der Waals surface area contributed by atoms with Crippen LogP contribution < -0.4 is 10.3 Å². The Morgan fingerprint density at radius 1 is 1.09 bits per heavy atom. The minimum absolute atomic E-state index is 0.00268. The summed E-state index contributed by atoms with van der Waals surface area (Å²) >= 11 is 1.66. The Kier molecular flexibility index (Phi) is 5.43. The van der Waals surface area contributed by atoms with Gasteiger partial charge in [0, 0.05) is 23.6 Å². The molecule has 0 amide bonds. The summed E-state index contributed by atoms with van der Waals surface area (Å²) in [6.07, 6.45) is 5.30. The molecule has 0 bridgehead atoms. The highest BCUT2D eigenvalue weighted by Crippen LogP contribution is 2.40. The van der Waals surface area contributed by atoms with Crippen LogP contribution in [0.4, 0.5) is 0 Å². The molecule has 0 aliphatic heterocycles. The van der Waals surface area contributed by atoms with Gasteiger partial charge >= 0.3 is 5.97 Å². The Bertz CT molecular complexity index is 1370. The van der Waals surface area contributed by atoms with E-state index >= 15 is 0 Å². The van der Waals surface area contributed by atoms with Gasteiger partial charge in [-0.25, -0.2) is 4.98 Å². The van der Waals surface area contributed by atoms with E-state index in [0.717, 1.165) is 46.3 Å². The molecule has 1 saturated carbocycles. The molecule has 0 radical (unpaired) electrons. The van der Waals surface area contributed by atoms with Gasteiger partial charge in [0.05, 0.1) is 41.0 Å². The second-order valence-corrected chi connectivity index (χ2v) is 9.26. The van der Waals surface area contributed by atoms with Crippen molar-refractivity contribution in [2.24, 2.45) is 5.92 Å². The van der Waals surface area contributed by atoms with E-state index in [1.54, 1.807) is 29.2 Å². The molecule has 0 spiro atoms. The lowest BCUT2D eigenvalue weighted by Crippen LogP contribution is -2.22. The molecule has 0 atom stereocenters. The first-order valence-corrected chi connectivity index (χ1v) is 11.6. The molecule has 2 aromatic heterocycles. The van der Waals surface area contributed by atoms with Gasteiger partial charge in [-0.3, -0.25) is 14.2 Å². The van der Waals surface area contributed by atoms with Crippen molar-refractivity contribution in [2.45, 2.75) is 31.6 Å². The molecule has 0 N–H and O–H groups in total. The van der Waals surface area contributed by atoms with Crippen LogP contribution in [0.2, 0.25) is 0 Å². The lowest BCUT2D eigenvalue weighted by molar-refractivity contribution is -0.146. The van der Waals surface area contributed by atoms with Gasteiger partial charge in [-0.2, -0.15) is 0 Å². The van der Waals surface area contributed by atoms with Crippen molar-refractivity contribution in [3.05, 3.63) is 64.0 Å². The second-order valence-electron chi connectivity index (χ2n) is 8.19. The van der Waals surface area contributed by atoms with Gasteiger partial charge in [-0.1, -0.05) is 18.2 Å². The first kappa shape index (κ1) is 20.7. The number of rotatable bonds is 4. The number of ether oxygens (including phenoxy) is 2. The van der Waals surface area contributed by atoms with E-state index in [0.29, 0.717) is 22.7 Å². The maximum Gasteiger partial charge on any atom is 0.308 e. The molecule has 2 aromatic carbocycles. The van der Waals surface area contributed by atoms with Crippen LogP contribution in [0.25, 0.3) is 26.7 Å². The molecule has 1 aliphatic carbocycles. The Morgan fingerprint density at radius 3 is 2.62 bits per heavy atom. The topological polar surface area (TPSA) is 70.4 Å². The maximum absolute atomic E-state index is 13.2. The van der Waals surface area contributed by atoms with Crippen molar-refractivity contribution in [3.8, 4) is 11.4 Å². The number of nitrogens with zero attached hydrogens (tertiary/aromatic N) is 2. The number of aromatic nitrogens is 2. The molecular weight excluding hydrogens is 424 g/mol. The van der Waals surface area contributed by atoms with Crippen LogP contribution in [0.15, 0.2) is 53.5 Å². The SMILES string of the molecule is COC(=O)C1CCC(c2nc3cc(OC)c(-n4ccc5ccccc5c4=O)cc3s2)CC1. The number of fused-ring (bicyclic) bond motifs is 2. The summed E-state index contributed by atoms with van der Waals surface area (Å²) in [5.74, 6) is 0.840. The van der Waals surface area contributed by atoms with E-state index in [4.69, 9.17) is 14.5 Å². The van der Waals surface area contributed by atoms with Crippen molar-refractivity contribution < 1.29 is 14.3 Å². The average Bonchev–Trinajstić information content (AvgIpc) is 3.26. The van der Waals surface area contributed by atoms with Gasteiger partial charge in [0.15, 0.2) is 0 Å². The van der Waals surface area contributed by atoms with E-state index < -0.39 is 0 Å². The molecule has 164 valence electrons. The number of pyridine rings is 1. The van der Waals surface area contributed by atoms with Crippen LogP contribution in [-0.2, 0) is 9.53 Å². The van der Waals surface area contributed by atoms with E-state index in [1.165, 1.54) is 7.11 Å². The molecule has 5 rings (SSSR count). The fourth-order valence-corrected chi connectivity index (χ4v) is 5.76. The summed E-state index contributed by atoms with van der Waals surface area (Å²) in [6, 6.07) is 13.4. The summed E-state index contributed by atoms with van der Waals surface area (Å²) in [6.45, 7) is 0. The summed E-state index contributed by atoms with van der Waals surface area (Å²) in [5.41, 5.74) is 1.50. The third-order valence-electron chi connectivity index (χ3n) is 6.39. The summed E-state index contributed by atoms with van der Waals surface area (Å²) in [5, 5.41) is 2.66. The lowest BCUT2D eigenvalue weighted by atomic mass is 9.82. The number of thiazole rings is 1. The number of methoxy groups -OCH3 is 2. The number of carbonyl (C=O) groups is 1. The zero-order valence-corrected chi connectivity index (χ0v) is 18.9. The van der Waals surface area contributed by atoms with Crippen molar-refractivity contribution in [2.75, 3.05) is 14.2 Å². The Labute approximate surface area is 189 Å². The van der Waals surface area contributed by atoms with Gasteiger partial charge in [-0.15, -0.1) is 11.3 Å². The van der Waals surface area contributed by atoms with Crippen LogP contribution in [0.5, 0.6) is 5.75 Å². The smallest absolute Gasteiger partial charge is 0.308 e. The predicted octanol–water partition coefficient (Wildman–Crippen LogP) is 5.06. The summed E-state index contributed by atoms with van der Waals surface area (Å²) in [7, 11) is 3.06. The first-order chi connectivity index (χ1) is 15.6. The van der Waals surface area contributed by atoms with Crippen molar-refractivity contribution >= 4 is 38.3 Å². The molecule has 6 nitrogen and oxygen atoms in total.